The highest BCUT2D eigenvalue weighted by Crippen LogP contribution is 2.69. The lowest BCUT2D eigenvalue weighted by Gasteiger charge is -2.62. The Labute approximate surface area is 178 Å². The molecule has 4 rings (SSSR count). The van der Waals surface area contributed by atoms with Gasteiger partial charge in [0.15, 0.2) is 0 Å². The van der Waals surface area contributed by atoms with Crippen molar-refractivity contribution in [1.29, 1.82) is 0 Å². The zero-order valence-corrected chi connectivity index (χ0v) is 18.9. The average Bonchev–Trinajstić information content (AvgIpc) is 3.03. The van der Waals surface area contributed by atoms with Crippen molar-refractivity contribution in [2.45, 2.75) is 85.0 Å². The molecule has 3 fully saturated rings. The first-order valence-corrected chi connectivity index (χ1v) is 12.3. The van der Waals surface area contributed by atoms with Crippen molar-refractivity contribution in [3.8, 4) is 0 Å². The summed E-state index contributed by atoms with van der Waals surface area (Å²) in [7, 11) is 0. The number of hydrogen-bond donors (Lipinski definition) is 1. The van der Waals surface area contributed by atoms with Crippen LogP contribution in [0.25, 0.3) is 0 Å². The molecule has 4 aliphatic carbocycles. The fourth-order valence-electron chi connectivity index (χ4n) is 8.99. The highest BCUT2D eigenvalue weighted by molar-refractivity contribution is 5.66. The van der Waals surface area contributed by atoms with Crippen molar-refractivity contribution < 1.29 is 9.90 Å². The van der Waals surface area contributed by atoms with Crippen molar-refractivity contribution in [2.75, 3.05) is 0 Å². The molecule has 4 aliphatic rings. The van der Waals surface area contributed by atoms with Crippen LogP contribution < -0.4 is 0 Å². The third-order valence-electron chi connectivity index (χ3n) is 10.4. The number of fused-ring (bicyclic) bond motifs is 5. The zero-order valence-electron chi connectivity index (χ0n) is 18.9. The third-order valence-corrected chi connectivity index (χ3v) is 10.4. The van der Waals surface area contributed by atoms with E-state index in [0.29, 0.717) is 29.1 Å². The van der Waals surface area contributed by atoms with Crippen LogP contribution in [0.4, 0.5) is 0 Å². The second-order valence-corrected chi connectivity index (χ2v) is 11.6. The lowest BCUT2D eigenvalue weighted by Crippen LogP contribution is -2.55. The molecule has 3 saturated carbocycles. The van der Waals surface area contributed by atoms with E-state index in [2.05, 4.69) is 45.6 Å². The SMILES string of the molecule is C=CCC1CC2CC=CC[C@]2(C)[C@H]2CC[C@]3(C)[C@@H]([C@H](C)CCC(=O)O)CC[C@H]3[C@H]12. The van der Waals surface area contributed by atoms with Crippen LogP contribution in [0, 0.1) is 52.3 Å². The summed E-state index contributed by atoms with van der Waals surface area (Å²) >= 11 is 0. The predicted molar refractivity (Wildman–Crippen MR) is 119 cm³/mol. The van der Waals surface area contributed by atoms with E-state index >= 15 is 0 Å². The van der Waals surface area contributed by atoms with Gasteiger partial charge in [-0.15, -0.1) is 6.58 Å². The largest absolute Gasteiger partial charge is 0.481 e. The van der Waals surface area contributed by atoms with Gasteiger partial charge in [0, 0.05) is 6.42 Å². The van der Waals surface area contributed by atoms with E-state index in [0.717, 1.165) is 36.0 Å². The normalized spacial score (nSPS) is 47.0. The fraction of sp³-hybridized carbons (Fsp3) is 0.815. The Morgan fingerprint density at radius 2 is 1.97 bits per heavy atom. The Hall–Kier alpha value is -1.05. The molecule has 29 heavy (non-hydrogen) atoms. The molecule has 1 N–H and O–H groups in total. The Balaban J connectivity index is 1.61. The van der Waals surface area contributed by atoms with Gasteiger partial charge >= 0.3 is 5.97 Å². The van der Waals surface area contributed by atoms with Gasteiger partial charge in [0.1, 0.15) is 0 Å². The van der Waals surface area contributed by atoms with Crippen molar-refractivity contribution in [3.63, 3.8) is 0 Å². The van der Waals surface area contributed by atoms with Crippen LogP contribution in [-0.4, -0.2) is 11.1 Å². The highest BCUT2D eigenvalue weighted by atomic mass is 16.4. The molecular weight excluding hydrogens is 356 g/mol. The zero-order chi connectivity index (χ0) is 20.8. The van der Waals surface area contributed by atoms with E-state index in [9.17, 15) is 9.90 Å². The molecule has 0 aromatic carbocycles. The van der Waals surface area contributed by atoms with Gasteiger partial charge in [-0.1, -0.05) is 39.0 Å². The quantitative estimate of drug-likeness (QED) is 0.484. The number of allylic oxidation sites excluding steroid dienone is 3. The van der Waals surface area contributed by atoms with Crippen LogP contribution in [0.2, 0.25) is 0 Å². The maximum atomic E-state index is 11.1. The van der Waals surface area contributed by atoms with Gasteiger partial charge in [-0.25, -0.2) is 0 Å². The summed E-state index contributed by atoms with van der Waals surface area (Å²) in [5, 5.41) is 9.17. The van der Waals surface area contributed by atoms with Gasteiger partial charge in [-0.05, 0) is 110 Å². The molecule has 162 valence electrons. The van der Waals surface area contributed by atoms with Crippen LogP contribution in [0.15, 0.2) is 24.8 Å². The molecule has 0 aromatic rings. The van der Waals surface area contributed by atoms with Crippen LogP contribution in [0.1, 0.15) is 85.0 Å². The van der Waals surface area contributed by atoms with E-state index in [-0.39, 0.29) is 0 Å². The summed E-state index contributed by atoms with van der Waals surface area (Å²) in [4.78, 5) is 11.1. The summed E-state index contributed by atoms with van der Waals surface area (Å²) in [6.07, 6.45) is 18.8. The molecule has 0 spiro atoms. The maximum absolute atomic E-state index is 11.1. The van der Waals surface area contributed by atoms with Crippen molar-refractivity contribution in [2.24, 2.45) is 52.3 Å². The lowest BCUT2D eigenvalue weighted by molar-refractivity contribution is -0.138. The fourth-order valence-corrected chi connectivity index (χ4v) is 8.99. The maximum Gasteiger partial charge on any atom is 0.303 e. The van der Waals surface area contributed by atoms with Crippen LogP contribution in [0.5, 0.6) is 0 Å². The van der Waals surface area contributed by atoms with Crippen molar-refractivity contribution in [1.82, 2.24) is 0 Å². The summed E-state index contributed by atoms with van der Waals surface area (Å²) in [5.41, 5.74) is 0.900. The second-order valence-electron chi connectivity index (χ2n) is 11.6. The Bertz CT molecular complexity index is 665. The first-order chi connectivity index (χ1) is 13.8. The number of carboxylic acids is 1. The topological polar surface area (TPSA) is 37.3 Å². The van der Waals surface area contributed by atoms with Gasteiger partial charge in [0.2, 0.25) is 0 Å². The number of rotatable bonds is 6. The minimum Gasteiger partial charge on any atom is -0.481 e. The molecule has 2 nitrogen and oxygen atoms in total. The van der Waals surface area contributed by atoms with E-state index in [4.69, 9.17) is 0 Å². The molecule has 0 aliphatic heterocycles. The number of carboxylic acid groups (broad SMARTS) is 1. The molecule has 0 amide bonds. The van der Waals surface area contributed by atoms with E-state index in [1.165, 1.54) is 51.4 Å². The molecule has 0 saturated heterocycles. The van der Waals surface area contributed by atoms with E-state index in [1.807, 2.05) is 0 Å². The van der Waals surface area contributed by atoms with Crippen molar-refractivity contribution in [3.05, 3.63) is 24.8 Å². The molecule has 0 heterocycles. The molecule has 0 bridgehead atoms. The molecule has 2 unspecified atom stereocenters. The van der Waals surface area contributed by atoms with Gasteiger partial charge in [0.05, 0.1) is 0 Å². The highest BCUT2D eigenvalue weighted by Gasteiger charge is 2.61. The predicted octanol–water partition coefficient (Wildman–Crippen LogP) is 7.11. The summed E-state index contributed by atoms with van der Waals surface area (Å²) in [6, 6.07) is 0. The summed E-state index contributed by atoms with van der Waals surface area (Å²) < 4.78 is 0. The third kappa shape index (κ3) is 3.43. The number of hydrogen-bond acceptors (Lipinski definition) is 1. The van der Waals surface area contributed by atoms with Gasteiger partial charge in [-0.2, -0.15) is 0 Å². The number of carbonyl (C=O) groups is 1. The van der Waals surface area contributed by atoms with Gasteiger partial charge < -0.3 is 5.11 Å². The smallest absolute Gasteiger partial charge is 0.303 e. The van der Waals surface area contributed by atoms with E-state index < -0.39 is 5.97 Å². The Kier molecular flexibility index (Phi) is 5.77. The Morgan fingerprint density at radius 1 is 1.21 bits per heavy atom. The number of aliphatic carboxylic acids is 1. The lowest BCUT2D eigenvalue weighted by atomic mass is 9.42. The molecule has 0 radical (unpaired) electrons. The van der Waals surface area contributed by atoms with Crippen LogP contribution in [-0.2, 0) is 4.79 Å². The minimum atomic E-state index is -0.636. The molecular formula is C27H42O2. The minimum absolute atomic E-state index is 0.329. The van der Waals surface area contributed by atoms with Crippen LogP contribution >= 0.6 is 0 Å². The molecule has 2 heteroatoms. The summed E-state index contributed by atoms with van der Waals surface area (Å²) in [5.74, 6) is 4.79. The summed E-state index contributed by atoms with van der Waals surface area (Å²) in [6.45, 7) is 11.7. The van der Waals surface area contributed by atoms with E-state index in [1.54, 1.807) is 0 Å². The monoisotopic (exact) mass is 398 g/mol. The first kappa shape index (κ1) is 21.2. The molecule has 9 atom stereocenters. The van der Waals surface area contributed by atoms with Crippen LogP contribution in [0.3, 0.4) is 0 Å². The Morgan fingerprint density at radius 3 is 2.69 bits per heavy atom. The molecule has 0 aromatic heterocycles. The average molecular weight is 399 g/mol. The van der Waals surface area contributed by atoms with Gasteiger partial charge in [-0.3, -0.25) is 4.79 Å². The van der Waals surface area contributed by atoms with Gasteiger partial charge in [0.25, 0.3) is 0 Å². The second kappa shape index (κ2) is 7.89. The standard InChI is InChI=1S/C27H42O2/c1-5-8-19-17-20-9-6-7-15-26(20,3)23-14-16-27(4)21(11-12-22(27)25(19)23)18(2)10-13-24(28)29/h5-7,18-23,25H,1,8-17H2,2-4H3,(H,28,29)/t18-,19?,20?,21-,22+,23+,25+,26+,27-/m1/s1. The first-order valence-electron chi connectivity index (χ1n) is 12.3. The van der Waals surface area contributed by atoms with Crippen molar-refractivity contribution >= 4 is 5.97 Å².